The number of halogens is 1. The standard InChI is InChI=1S/C10H8ClNO3/c1-15-10(14)5-2-6-4-12-9(13)8(6)7(11)3-5/h2-3H,4H2,1H3,(H,12,13). The maximum atomic E-state index is 11.3. The Morgan fingerprint density at radius 3 is 2.93 bits per heavy atom. The largest absolute Gasteiger partial charge is 0.465 e. The minimum absolute atomic E-state index is 0.202. The van der Waals surface area contributed by atoms with Crippen LogP contribution in [0.25, 0.3) is 0 Å². The van der Waals surface area contributed by atoms with E-state index in [0.717, 1.165) is 5.56 Å². The fourth-order valence-electron chi connectivity index (χ4n) is 1.56. The van der Waals surface area contributed by atoms with Crippen LogP contribution in [0.2, 0.25) is 5.02 Å². The minimum Gasteiger partial charge on any atom is -0.465 e. The molecule has 0 aliphatic carbocycles. The van der Waals surface area contributed by atoms with Gasteiger partial charge >= 0.3 is 5.97 Å². The fourth-order valence-corrected chi connectivity index (χ4v) is 1.88. The van der Waals surface area contributed by atoms with E-state index in [0.29, 0.717) is 17.7 Å². The van der Waals surface area contributed by atoms with E-state index < -0.39 is 5.97 Å². The highest BCUT2D eigenvalue weighted by molar-refractivity contribution is 6.34. The molecule has 15 heavy (non-hydrogen) atoms. The first-order valence-electron chi connectivity index (χ1n) is 4.32. The van der Waals surface area contributed by atoms with Gasteiger partial charge in [-0.25, -0.2) is 4.79 Å². The molecule has 78 valence electrons. The third-order valence-corrected chi connectivity index (χ3v) is 2.56. The van der Waals surface area contributed by atoms with Gasteiger partial charge in [-0.1, -0.05) is 11.6 Å². The van der Waals surface area contributed by atoms with Crippen molar-refractivity contribution in [2.24, 2.45) is 0 Å². The Hall–Kier alpha value is -1.55. The Kier molecular flexibility index (Phi) is 2.36. The van der Waals surface area contributed by atoms with Crippen LogP contribution < -0.4 is 5.32 Å². The van der Waals surface area contributed by atoms with Crippen LogP contribution in [0.4, 0.5) is 0 Å². The Morgan fingerprint density at radius 1 is 1.53 bits per heavy atom. The van der Waals surface area contributed by atoms with Gasteiger partial charge in [-0.15, -0.1) is 0 Å². The van der Waals surface area contributed by atoms with E-state index in [2.05, 4.69) is 10.1 Å². The Morgan fingerprint density at radius 2 is 2.27 bits per heavy atom. The molecule has 1 aromatic rings. The maximum Gasteiger partial charge on any atom is 0.337 e. The number of esters is 1. The van der Waals surface area contributed by atoms with Gasteiger partial charge < -0.3 is 10.1 Å². The number of fused-ring (bicyclic) bond motifs is 1. The van der Waals surface area contributed by atoms with Gasteiger partial charge in [-0.05, 0) is 17.7 Å². The second-order valence-corrected chi connectivity index (χ2v) is 3.57. The van der Waals surface area contributed by atoms with Crippen molar-refractivity contribution in [2.45, 2.75) is 6.54 Å². The van der Waals surface area contributed by atoms with Crippen molar-refractivity contribution in [1.82, 2.24) is 5.32 Å². The molecule has 1 amide bonds. The highest BCUT2D eigenvalue weighted by atomic mass is 35.5. The number of rotatable bonds is 1. The molecule has 0 saturated carbocycles. The lowest BCUT2D eigenvalue weighted by molar-refractivity contribution is 0.0600. The number of carbonyl (C=O) groups is 2. The molecule has 0 fully saturated rings. The second kappa shape index (κ2) is 3.55. The molecule has 1 aliphatic heterocycles. The molecule has 1 aromatic carbocycles. The first-order chi connectivity index (χ1) is 7.13. The van der Waals surface area contributed by atoms with Crippen LogP contribution >= 0.6 is 11.6 Å². The zero-order chi connectivity index (χ0) is 11.0. The van der Waals surface area contributed by atoms with Gasteiger partial charge in [0.15, 0.2) is 0 Å². The zero-order valence-corrected chi connectivity index (χ0v) is 8.72. The van der Waals surface area contributed by atoms with Crippen molar-refractivity contribution < 1.29 is 14.3 Å². The number of amides is 1. The summed E-state index contributed by atoms with van der Waals surface area (Å²) in [6.45, 7) is 0.402. The third kappa shape index (κ3) is 1.57. The number of hydrogen-bond donors (Lipinski definition) is 1. The molecule has 0 bridgehead atoms. The number of nitrogens with one attached hydrogen (secondary N) is 1. The van der Waals surface area contributed by atoms with E-state index in [-0.39, 0.29) is 10.9 Å². The summed E-state index contributed by atoms with van der Waals surface area (Å²) in [7, 11) is 1.30. The predicted molar refractivity (Wildman–Crippen MR) is 54.0 cm³/mol. The van der Waals surface area contributed by atoms with Gasteiger partial charge in [0.1, 0.15) is 0 Å². The van der Waals surface area contributed by atoms with Gasteiger partial charge in [0, 0.05) is 6.54 Å². The number of benzene rings is 1. The van der Waals surface area contributed by atoms with Crippen molar-refractivity contribution in [3.8, 4) is 0 Å². The van der Waals surface area contributed by atoms with Crippen molar-refractivity contribution in [2.75, 3.05) is 7.11 Å². The smallest absolute Gasteiger partial charge is 0.337 e. The molecular weight excluding hydrogens is 218 g/mol. The van der Waals surface area contributed by atoms with Crippen LogP contribution in [0.1, 0.15) is 26.3 Å². The van der Waals surface area contributed by atoms with Crippen LogP contribution in [0.3, 0.4) is 0 Å². The lowest BCUT2D eigenvalue weighted by Crippen LogP contribution is -2.12. The van der Waals surface area contributed by atoms with E-state index in [9.17, 15) is 9.59 Å². The van der Waals surface area contributed by atoms with E-state index in [1.54, 1.807) is 6.07 Å². The monoisotopic (exact) mass is 225 g/mol. The van der Waals surface area contributed by atoms with Gasteiger partial charge in [0.2, 0.25) is 0 Å². The average molecular weight is 226 g/mol. The van der Waals surface area contributed by atoms with Crippen molar-refractivity contribution in [3.63, 3.8) is 0 Å². The predicted octanol–water partition coefficient (Wildman–Crippen LogP) is 1.37. The molecular formula is C10H8ClNO3. The molecule has 1 heterocycles. The molecule has 4 nitrogen and oxygen atoms in total. The molecule has 1 aliphatic rings. The topological polar surface area (TPSA) is 55.4 Å². The highest BCUT2D eigenvalue weighted by Gasteiger charge is 2.24. The lowest BCUT2D eigenvalue weighted by Gasteiger charge is -2.03. The number of hydrogen-bond acceptors (Lipinski definition) is 3. The van der Waals surface area contributed by atoms with Crippen LogP contribution in [0, 0.1) is 0 Å². The van der Waals surface area contributed by atoms with Crippen LogP contribution in [-0.2, 0) is 11.3 Å². The van der Waals surface area contributed by atoms with Gasteiger partial charge in [-0.3, -0.25) is 4.79 Å². The highest BCUT2D eigenvalue weighted by Crippen LogP contribution is 2.26. The molecule has 0 atom stereocenters. The first-order valence-corrected chi connectivity index (χ1v) is 4.70. The third-order valence-electron chi connectivity index (χ3n) is 2.26. The summed E-state index contributed by atoms with van der Waals surface area (Å²) in [5, 5.41) is 2.91. The van der Waals surface area contributed by atoms with Crippen LogP contribution in [0.15, 0.2) is 12.1 Å². The molecule has 1 N–H and O–H groups in total. The summed E-state index contributed by atoms with van der Waals surface area (Å²) >= 11 is 5.90. The fraction of sp³-hybridized carbons (Fsp3) is 0.200. The molecule has 5 heteroatoms. The maximum absolute atomic E-state index is 11.3. The van der Waals surface area contributed by atoms with E-state index in [4.69, 9.17) is 11.6 Å². The minimum atomic E-state index is -0.459. The number of methoxy groups -OCH3 is 1. The number of carbonyl (C=O) groups excluding carboxylic acids is 2. The van der Waals surface area contributed by atoms with Gasteiger partial charge in [0.25, 0.3) is 5.91 Å². The summed E-state index contributed by atoms with van der Waals surface area (Å²) in [5.41, 5.74) is 1.54. The van der Waals surface area contributed by atoms with Gasteiger partial charge in [-0.2, -0.15) is 0 Å². The van der Waals surface area contributed by atoms with Crippen molar-refractivity contribution >= 4 is 23.5 Å². The summed E-state index contributed by atoms with van der Waals surface area (Å²) in [6, 6.07) is 3.06. The average Bonchev–Trinajstić information content (AvgIpc) is 2.59. The number of ether oxygens (including phenoxy) is 1. The van der Waals surface area contributed by atoms with Crippen LogP contribution in [0.5, 0.6) is 0 Å². The molecule has 0 aromatic heterocycles. The Bertz CT molecular complexity index is 456. The summed E-state index contributed by atoms with van der Waals surface area (Å²) < 4.78 is 4.57. The quantitative estimate of drug-likeness (QED) is 0.735. The van der Waals surface area contributed by atoms with Crippen LogP contribution in [-0.4, -0.2) is 19.0 Å². The summed E-state index contributed by atoms with van der Waals surface area (Å²) in [4.78, 5) is 22.6. The molecule has 2 rings (SSSR count). The van der Waals surface area contributed by atoms with Crippen molar-refractivity contribution in [1.29, 1.82) is 0 Å². The van der Waals surface area contributed by atoms with E-state index in [1.807, 2.05) is 0 Å². The van der Waals surface area contributed by atoms with Crippen molar-refractivity contribution in [3.05, 3.63) is 33.8 Å². The molecule has 0 spiro atoms. The SMILES string of the molecule is COC(=O)c1cc(Cl)c2c(c1)CNC2=O. The first kappa shape index (κ1) is 9.98. The summed E-state index contributed by atoms with van der Waals surface area (Å²) in [6.07, 6.45) is 0. The van der Waals surface area contributed by atoms with Gasteiger partial charge in [0.05, 0.1) is 23.3 Å². The summed E-state index contributed by atoms with van der Waals surface area (Å²) in [5.74, 6) is -0.662. The Labute approximate surface area is 91.2 Å². The molecule has 0 saturated heterocycles. The normalized spacial score (nSPS) is 13.3. The van der Waals surface area contributed by atoms with E-state index >= 15 is 0 Å². The Balaban J connectivity index is 2.53. The second-order valence-electron chi connectivity index (χ2n) is 3.17. The molecule has 0 radical (unpaired) electrons. The molecule has 0 unspecified atom stereocenters. The lowest BCUT2D eigenvalue weighted by atomic mass is 10.1. The van der Waals surface area contributed by atoms with E-state index in [1.165, 1.54) is 13.2 Å². The zero-order valence-electron chi connectivity index (χ0n) is 7.96.